The zero-order chi connectivity index (χ0) is 19.6. The summed E-state index contributed by atoms with van der Waals surface area (Å²) in [5.74, 6) is 1.00. The van der Waals surface area contributed by atoms with Crippen molar-refractivity contribution in [3.05, 3.63) is 47.5 Å². The molecule has 1 N–H and O–H groups in total. The number of hydrogen-bond donors (Lipinski definition) is 1. The summed E-state index contributed by atoms with van der Waals surface area (Å²) in [5.41, 5.74) is 4.37. The Bertz CT molecular complexity index is 896. The van der Waals surface area contributed by atoms with Gasteiger partial charge in [-0.1, -0.05) is 58.7 Å². The van der Waals surface area contributed by atoms with Crippen molar-refractivity contribution in [1.29, 1.82) is 0 Å². The van der Waals surface area contributed by atoms with Crippen LogP contribution in [0.15, 0.2) is 36.4 Å². The molecule has 1 unspecified atom stereocenters. The van der Waals surface area contributed by atoms with E-state index in [4.69, 9.17) is 0 Å². The molecule has 1 atom stereocenters. The molecule has 2 aromatic carbocycles. The van der Waals surface area contributed by atoms with Gasteiger partial charge in [-0.3, -0.25) is 0 Å². The summed E-state index contributed by atoms with van der Waals surface area (Å²) >= 11 is 0. The predicted molar refractivity (Wildman–Crippen MR) is 112 cm³/mol. The van der Waals surface area contributed by atoms with Crippen LogP contribution in [0.1, 0.15) is 64.5 Å². The van der Waals surface area contributed by atoms with E-state index in [0.717, 1.165) is 41.4 Å². The molecule has 3 rings (SSSR count). The van der Waals surface area contributed by atoms with Crippen LogP contribution < -0.4 is 0 Å². The van der Waals surface area contributed by atoms with E-state index in [1.165, 1.54) is 6.42 Å². The van der Waals surface area contributed by atoms with E-state index in [-0.39, 0.29) is 5.41 Å². The van der Waals surface area contributed by atoms with Crippen molar-refractivity contribution >= 4 is 11.0 Å². The van der Waals surface area contributed by atoms with Gasteiger partial charge in [-0.2, -0.15) is 0 Å². The number of hydrogen-bond acceptors (Lipinski definition) is 3. The number of phenols is 1. The quantitative estimate of drug-likeness (QED) is 0.564. The number of aromatic hydroxyl groups is 1. The molecule has 27 heavy (non-hydrogen) atoms. The van der Waals surface area contributed by atoms with Crippen molar-refractivity contribution in [2.45, 2.75) is 65.7 Å². The standard InChI is InChI=1S/C23H31N3O/c1-6-23(5,13-9-10-16(2)3)18-14-17(4)15-21(22(18)27)26-24-19-11-7-8-12-20(19)25-26/h7-8,11-12,14-16,27H,6,9-10,13H2,1-5H3. The van der Waals surface area contributed by atoms with E-state index in [0.29, 0.717) is 17.4 Å². The van der Waals surface area contributed by atoms with E-state index in [1.807, 2.05) is 30.3 Å². The van der Waals surface area contributed by atoms with Gasteiger partial charge in [0.2, 0.25) is 0 Å². The Morgan fingerprint density at radius 1 is 1.11 bits per heavy atom. The summed E-state index contributed by atoms with van der Waals surface area (Å²) in [5, 5.41) is 20.3. The predicted octanol–water partition coefficient (Wildman–Crippen LogP) is 5.93. The Kier molecular flexibility index (Phi) is 5.54. The van der Waals surface area contributed by atoms with Crippen molar-refractivity contribution in [2.75, 3.05) is 0 Å². The van der Waals surface area contributed by atoms with Gasteiger partial charge in [-0.25, -0.2) is 0 Å². The molecule has 0 aliphatic carbocycles. The number of rotatable bonds is 7. The Morgan fingerprint density at radius 3 is 2.30 bits per heavy atom. The van der Waals surface area contributed by atoms with Crippen LogP contribution in [0.3, 0.4) is 0 Å². The minimum atomic E-state index is -0.0632. The second-order valence-electron chi connectivity index (χ2n) is 8.36. The van der Waals surface area contributed by atoms with Gasteiger partial charge in [0.1, 0.15) is 22.5 Å². The zero-order valence-electron chi connectivity index (χ0n) is 17.2. The van der Waals surface area contributed by atoms with Crippen molar-refractivity contribution < 1.29 is 5.11 Å². The Morgan fingerprint density at radius 2 is 1.74 bits per heavy atom. The molecule has 0 aliphatic rings. The summed E-state index contributed by atoms with van der Waals surface area (Å²) < 4.78 is 0. The number of aryl methyl sites for hydroxylation is 1. The molecular formula is C23H31N3O. The third kappa shape index (κ3) is 4.00. The third-order valence-electron chi connectivity index (χ3n) is 5.68. The molecule has 4 heteroatoms. The third-order valence-corrected chi connectivity index (χ3v) is 5.68. The van der Waals surface area contributed by atoms with Crippen molar-refractivity contribution in [3.8, 4) is 11.4 Å². The molecule has 1 aromatic heterocycles. The molecule has 0 aliphatic heterocycles. The molecule has 3 aromatic rings. The van der Waals surface area contributed by atoms with Gasteiger partial charge in [-0.05, 0) is 54.9 Å². The van der Waals surface area contributed by atoms with Crippen LogP contribution in [0, 0.1) is 12.8 Å². The Balaban J connectivity index is 2.04. The van der Waals surface area contributed by atoms with Crippen LogP contribution in [-0.4, -0.2) is 20.1 Å². The van der Waals surface area contributed by atoms with Crippen LogP contribution in [0.2, 0.25) is 0 Å². The fourth-order valence-electron chi connectivity index (χ4n) is 3.74. The van der Waals surface area contributed by atoms with E-state index < -0.39 is 0 Å². The Hall–Kier alpha value is -2.36. The normalized spacial score (nSPS) is 14.0. The number of aromatic nitrogens is 3. The molecule has 0 bridgehead atoms. The number of nitrogens with zero attached hydrogens (tertiary/aromatic N) is 3. The monoisotopic (exact) mass is 365 g/mol. The summed E-state index contributed by atoms with van der Waals surface area (Å²) in [4.78, 5) is 1.57. The molecule has 0 saturated heterocycles. The average Bonchev–Trinajstić information content (AvgIpc) is 3.06. The molecule has 0 radical (unpaired) electrons. The molecule has 0 fully saturated rings. The molecule has 0 amide bonds. The lowest BCUT2D eigenvalue weighted by atomic mass is 9.74. The minimum absolute atomic E-state index is 0.0632. The van der Waals surface area contributed by atoms with Crippen LogP contribution >= 0.6 is 0 Å². The average molecular weight is 366 g/mol. The highest BCUT2D eigenvalue weighted by Gasteiger charge is 2.29. The summed E-state index contributed by atoms with van der Waals surface area (Å²) in [7, 11) is 0. The van der Waals surface area contributed by atoms with Crippen LogP contribution in [-0.2, 0) is 5.41 Å². The SMILES string of the molecule is CCC(C)(CCCC(C)C)c1cc(C)cc(-n2nc3ccccc3n2)c1O. The first-order chi connectivity index (χ1) is 12.8. The van der Waals surface area contributed by atoms with Gasteiger partial charge in [0.25, 0.3) is 0 Å². The van der Waals surface area contributed by atoms with E-state index in [1.54, 1.807) is 4.80 Å². The lowest BCUT2D eigenvalue weighted by molar-refractivity contribution is 0.361. The largest absolute Gasteiger partial charge is 0.505 e. The van der Waals surface area contributed by atoms with Gasteiger partial charge in [0.15, 0.2) is 0 Å². The maximum absolute atomic E-state index is 11.2. The molecule has 1 heterocycles. The number of benzene rings is 2. The maximum atomic E-state index is 11.2. The molecule has 0 spiro atoms. The van der Waals surface area contributed by atoms with Gasteiger partial charge in [-0.15, -0.1) is 15.0 Å². The Labute approximate surface area is 162 Å². The van der Waals surface area contributed by atoms with Crippen molar-refractivity contribution in [1.82, 2.24) is 15.0 Å². The topological polar surface area (TPSA) is 50.9 Å². The fourth-order valence-corrected chi connectivity index (χ4v) is 3.74. The van der Waals surface area contributed by atoms with Crippen LogP contribution in [0.4, 0.5) is 0 Å². The van der Waals surface area contributed by atoms with E-state index in [9.17, 15) is 5.11 Å². The zero-order valence-corrected chi connectivity index (χ0v) is 17.2. The van der Waals surface area contributed by atoms with E-state index >= 15 is 0 Å². The minimum Gasteiger partial charge on any atom is -0.505 e. The van der Waals surface area contributed by atoms with Gasteiger partial charge in [0.05, 0.1) is 0 Å². The lowest BCUT2D eigenvalue weighted by Gasteiger charge is -2.31. The lowest BCUT2D eigenvalue weighted by Crippen LogP contribution is -2.22. The molecule has 144 valence electrons. The maximum Gasteiger partial charge on any atom is 0.146 e. The second-order valence-corrected chi connectivity index (χ2v) is 8.36. The van der Waals surface area contributed by atoms with Crippen molar-refractivity contribution in [2.24, 2.45) is 5.92 Å². The molecule has 0 saturated carbocycles. The number of fused-ring (bicyclic) bond motifs is 1. The van der Waals surface area contributed by atoms with Crippen LogP contribution in [0.5, 0.6) is 5.75 Å². The van der Waals surface area contributed by atoms with Crippen LogP contribution in [0.25, 0.3) is 16.7 Å². The molecule has 4 nitrogen and oxygen atoms in total. The highest BCUT2D eigenvalue weighted by atomic mass is 16.3. The summed E-state index contributed by atoms with van der Waals surface area (Å²) in [6, 6.07) is 11.9. The van der Waals surface area contributed by atoms with Gasteiger partial charge in [0, 0.05) is 5.56 Å². The van der Waals surface area contributed by atoms with Gasteiger partial charge >= 0.3 is 0 Å². The first-order valence-corrected chi connectivity index (χ1v) is 10.0. The highest BCUT2D eigenvalue weighted by molar-refractivity contribution is 5.73. The summed E-state index contributed by atoms with van der Waals surface area (Å²) in [6.07, 6.45) is 4.42. The fraction of sp³-hybridized carbons (Fsp3) is 0.478. The van der Waals surface area contributed by atoms with Crippen molar-refractivity contribution in [3.63, 3.8) is 0 Å². The molecular weight excluding hydrogens is 334 g/mol. The second kappa shape index (κ2) is 7.71. The first kappa shape index (κ1) is 19.4. The van der Waals surface area contributed by atoms with Gasteiger partial charge < -0.3 is 5.11 Å². The summed E-state index contributed by atoms with van der Waals surface area (Å²) in [6.45, 7) is 11.1. The van der Waals surface area contributed by atoms with E-state index in [2.05, 4.69) is 50.9 Å². The number of phenolic OH excluding ortho intramolecular Hbond substituents is 1. The highest BCUT2D eigenvalue weighted by Crippen LogP contribution is 2.41. The first-order valence-electron chi connectivity index (χ1n) is 10.0. The smallest absolute Gasteiger partial charge is 0.146 e.